The Morgan fingerprint density at radius 3 is 2.30 bits per heavy atom. The third kappa shape index (κ3) is 3.78. The number of nitrogens with zero attached hydrogens (tertiary/aromatic N) is 1. The number of carboxylic acids is 1. The maximum Gasteiger partial charge on any atom is 0.328 e. The predicted molar refractivity (Wildman–Crippen MR) is 75.3 cm³/mol. The van der Waals surface area contributed by atoms with Crippen LogP contribution in [-0.2, 0) is 4.79 Å². The van der Waals surface area contributed by atoms with Crippen LogP contribution in [0, 0.1) is 0 Å². The van der Waals surface area contributed by atoms with Crippen LogP contribution in [0.4, 0.5) is 5.69 Å². The monoisotopic (exact) mass is 268 g/mol. The highest BCUT2D eigenvalue weighted by molar-refractivity contribution is 6.04. The second-order valence-corrected chi connectivity index (χ2v) is 3.98. The minimum absolute atomic E-state index is 0.221. The summed E-state index contributed by atoms with van der Waals surface area (Å²) in [6.07, 6.45) is 5.64. The molecule has 2 aromatic rings. The lowest BCUT2D eigenvalue weighted by molar-refractivity contribution is -0.131. The van der Waals surface area contributed by atoms with Gasteiger partial charge in [0.15, 0.2) is 0 Å². The van der Waals surface area contributed by atoms with Crippen LogP contribution in [0.25, 0.3) is 6.08 Å². The molecule has 0 radical (unpaired) electrons. The number of benzene rings is 1. The summed E-state index contributed by atoms with van der Waals surface area (Å²) in [5, 5.41) is 11.3. The van der Waals surface area contributed by atoms with Crippen molar-refractivity contribution in [2.24, 2.45) is 0 Å². The Balaban J connectivity index is 2.04. The Hall–Kier alpha value is -2.95. The summed E-state index contributed by atoms with van der Waals surface area (Å²) in [5.74, 6) is -1.22. The van der Waals surface area contributed by atoms with Gasteiger partial charge in [0.05, 0.1) is 0 Å². The highest BCUT2D eigenvalue weighted by atomic mass is 16.4. The first-order valence-electron chi connectivity index (χ1n) is 5.87. The molecule has 5 heteroatoms. The van der Waals surface area contributed by atoms with E-state index in [1.807, 2.05) is 0 Å². The average molecular weight is 268 g/mol. The maximum atomic E-state index is 11.9. The Labute approximate surface area is 115 Å². The fraction of sp³-hybridized carbons (Fsp3) is 0. The molecular formula is C15H12N2O3. The first-order chi connectivity index (χ1) is 9.65. The summed E-state index contributed by atoms with van der Waals surface area (Å²) in [6, 6.07) is 10.1. The zero-order valence-electron chi connectivity index (χ0n) is 10.5. The number of pyridine rings is 1. The fourth-order valence-corrected chi connectivity index (χ4v) is 1.55. The number of carboxylic acid groups (broad SMARTS) is 1. The molecule has 0 fully saturated rings. The Morgan fingerprint density at radius 1 is 1.05 bits per heavy atom. The Bertz CT molecular complexity index is 634. The minimum atomic E-state index is -1.000. The van der Waals surface area contributed by atoms with Crippen molar-refractivity contribution in [3.05, 3.63) is 66.0 Å². The third-order valence-electron chi connectivity index (χ3n) is 2.53. The second kappa shape index (κ2) is 6.29. The summed E-state index contributed by atoms with van der Waals surface area (Å²) in [4.78, 5) is 26.1. The molecule has 1 aromatic heterocycles. The van der Waals surface area contributed by atoms with E-state index in [0.717, 1.165) is 11.6 Å². The minimum Gasteiger partial charge on any atom is -0.478 e. The number of rotatable bonds is 4. The molecule has 100 valence electrons. The molecule has 0 saturated carbocycles. The van der Waals surface area contributed by atoms with Gasteiger partial charge in [-0.25, -0.2) is 4.79 Å². The Morgan fingerprint density at radius 2 is 1.70 bits per heavy atom. The zero-order valence-corrected chi connectivity index (χ0v) is 10.5. The number of nitrogens with one attached hydrogen (secondary N) is 1. The van der Waals surface area contributed by atoms with Crippen LogP contribution in [0.1, 0.15) is 15.9 Å². The molecule has 2 N–H and O–H groups in total. The number of hydrogen-bond acceptors (Lipinski definition) is 3. The van der Waals surface area contributed by atoms with Gasteiger partial charge in [0.2, 0.25) is 0 Å². The van der Waals surface area contributed by atoms with Gasteiger partial charge in [-0.2, -0.15) is 0 Å². The van der Waals surface area contributed by atoms with E-state index in [0.29, 0.717) is 11.3 Å². The van der Waals surface area contributed by atoms with E-state index < -0.39 is 5.97 Å². The van der Waals surface area contributed by atoms with E-state index >= 15 is 0 Å². The van der Waals surface area contributed by atoms with E-state index in [4.69, 9.17) is 5.11 Å². The van der Waals surface area contributed by atoms with Crippen molar-refractivity contribution in [2.75, 3.05) is 5.32 Å². The van der Waals surface area contributed by atoms with E-state index in [1.54, 1.807) is 48.8 Å². The van der Waals surface area contributed by atoms with Crippen LogP contribution >= 0.6 is 0 Å². The summed E-state index contributed by atoms with van der Waals surface area (Å²) in [7, 11) is 0. The summed E-state index contributed by atoms with van der Waals surface area (Å²) >= 11 is 0. The number of aromatic nitrogens is 1. The maximum absolute atomic E-state index is 11.9. The first kappa shape index (κ1) is 13.5. The standard InChI is InChI=1S/C15H12N2O3/c18-14(19)6-3-11-1-4-13(5-2-11)17-15(20)12-7-9-16-10-8-12/h1-10H,(H,17,20)(H,18,19)/b6-3+. The third-order valence-corrected chi connectivity index (χ3v) is 2.53. The summed E-state index contributed by atoms with van der Waals surface area (Å²) < 4.78 is 0. The molecule has 0 saturated heterocycles. The van der Waals surface area contributed by atoms with Gasteiger partial charge in [0.1, 0.15) is 0 Å². The SMILES string of the molecule is O=C(O)/C=C/c1ccc(NC(=O)c2ccncc2)cc1. The lowest BCUT2D eigenvalue weighted by Gasteiger charge is -2.05. The number of aliphatic carboxylic acids is 1. The van der Waals surface area contributed by atoms with Crippen LogP contribution in [-0.4, -0.2) is 22.0 Å². The normalized spacial score (nSPS) is 10.4. The molecule has 0 aliphatic carbocycles. The van der Waals surface area contributed by atoms with Crippen molar-refractivity contribution >= 4 is 23.6 Å². The largest absolute Gasteiger partial charge is 0.478 e. The van der Waals surface area contributed by atoms with Crippen molar-refractivity contribution in [1.82, 2.24) is 4.98 Å². The molecule has 0 aliphatic heterocycles. The molecule has 5 nitrogen and oxygen atoms in total. The quantitative estimate of drug-likeness (QED) is 0.835. The highest BCUT2D eigenvalue weighted by Gasteiger charge is 2.04. The average Bonchev–Trinajstić information content (AvgIpc) is 2.47. The van der Waals surface area contributed by atoms with Gasteiger partial charge in [-0.05, 0) is 35.9 Å². The van der Waals surface area contributed by atoms with Crippen molar-refractivity contribution < 1.29 is 14.7 Å². The highest BCUT2D eigenvalue weighted by Crippen LogP contribution is 2.12. The van der Waals surface area contributed by atoms with Crippen molar-refractivity contribution in [2.45, 2.75) is 0 Å². The Kier molecular flexibility index (Phi) is 4.24. The van der Waals surface area contributed by atoms with Crippen molar-refractivity contribution in [3.63, 3.8) is 0 Å². The molecule has 0 spiro atoms. The molecule has 0 atom stereocenters. The van der Waals surface area contributed by atoms with Crippen LogP contribution in [0.2, 0.25) is 0 Å². The zero-order chi connectivity index (χ0) is 14.4. The molecule has 1 aromatic carbocycles. The van der Waals surface area contributed by atoms with Gasteiger partial charge in [-0.3, -0.25) is 9.78 Å². The van der Waals surface area contributed by atoms with E-state index in [9.17, 15) is 9.59 Å². The van der Waals surface area contributed by atoms with Crippen LogP contribution in [0.5, 0.6) is 0 Å². The smallest absolute Gasteiger partial charge is 0.328 e. The second-order valence-electron chi connectivity index (χ2n) is 3.98. The predicted octanol–water partition coefficient (Wildman–Crippen LogP) is 2.43. The topological polar surface area (TPSA) is 79.3 Å². The van der Waals surface area contributed by atoms with Gasteiger partial charge in [-0.1, -0.05) is 12.1 Å². The van der Waals surface area contributed by atoms with Gasteiger partial charge >= 0.3 is 5.97 Å². The first-order valence-corrected chi connectivity index (χ1v) is 5.87. The van der Waals surface area contributed by atoms with Crippen LogP contribution < -0.4 is 5.32 Å². The molecule has 20 heavy (non-hydrogen) atoms. The lowest BCUT2D eigenvalue weighted by atomic mass is 10.2. The molecule has 0 unspecified atom stereocenters. The number of amides is 1. The number of hydrogen-bond donors (Lipinski definition) is 2. The van der Waals surface area contributed by atoms with Gasteiger partial charge in [-0.15, -0.1) is 0 Å². The number of anilines is 1. The summed E-state index contributed by atoms with van der Waals surface area (Å²) in [5.41, 5.74) is 1.91. The lowest BCUT2D eigenvalue weighted by Crippen LogP contribution is -2.11. The fourth-order valence-electron chi connectivity index (χ4n) is 1.55. The van der Waals surface area contributed by atoms with Gasteiger partial charge in [0, 0.05) is 29.7 Å². The molecule has 0 aliphatic rings. The van der Waals surface area contributed by atoms with E-state index in [2.05, 4.69) is 10.3 Å². The van der Waals surface area contributed by atoms with E-state index in [-0.39, 0.29) is 5.91 Å². The molecular weight excluding hydrogens is 256 g/mol. The van der Waals surface area contributed by atoms with Crippen molar-refractivity contribution in [3.8, 4) is 0 Å². The molecule has 1 heterocycles. The summed E-state index contributed by atoms with van der Waals surface area (Å²) in [6.45, 7) is 0. The van der Waals surface area contributed by atoms with Crippen molar-refractivity contribution in [1.29, 1.82) is 0 Å². The van der Waals surface area contributed by atoms with Gasteiger partial charge in [0.25, 0.3) is 5.91 Å². The van der Waals surface area contributed by atoms with Crippen LogP contribution in [0.15, 0.2) is 54.9 Å². The molecule has 1 amide bonds. The van der Waals surface area contributed by atoms with Gasteiger partial charge < -0.3 is 10.4 Å². The van der Waals surface area contributed by atoms with Crippen LogP contribution in [0.3, 0.4) is 0 Å². The molecule has 2 rings (SSSR count). The molecule has 0 bridgehead atoms. The van der Waals surface area contributed by atoms with E-state index in [1.165, 1.54) is 6.08 Å². The number of carbonyl (C=O) groups excluding carboxylic acids is 1. The number of carbonyl (C=O) groups is 2.